The number of amides is 1. The Labute approximate surface area is 246 Å². The maximum absolute atomic E-state index is 13.6. The third-order valence-corrected chi connectivity index (χ3v) is 8.23. The topological polar surface area (TPSA) is 120 Å². The Balaban J connectivity index is 1.58. The fraction of sp³-hybridized carbons (Fsp3) is 0.312. The summed E-state index contributed by atoms with van der Waals surface area (Å²) in [5.74, 6) is 0.984. The van der Waals surface area contributed by atoms with Crippen molar-refractivity contribution in [2.24, 2.45) is 0 Å². The zero-order chi connectivity index (χ0) is 30.6. The molecule has 220 valence electrons. The summed E-state index contributed by atoms with van der Waals surface area (Å²) in [4.78, 5) is 13.8. The van der Waals surface area contributed by atoms with Crippen LogP contribution < -0.4 is 14.8 Å². The summed E-state index contributed by atoms with van der Waals surface area (Å²) in [5.41, 5.74) is 3.32. The van der Waals surface area contributed by atoms with E-state index in [4.69, 9.17) is 9.47 Å². The second-order valence-corrected chi connectivity index (χ2v) is 14.6. The van der Waals surface area contributed by atoms with Gasteiger partial charge in [0, 0.05) is 28.6 Å². The lowest BCUT2D eigenvalue weighted by atomic mass is 9.79. The van der Waals surface area contributed by atoms with Crippen molar-refractivity contribution in [1.29, 1.82) is 0 Å². The number of carbonyl (C=O) groups excluding carboxylic acids is 1. The lowest BCUT2D eigenvalue weighted by molar-refractivity contribution is 0.102. The quantitative estimate of drug-likeness (QED) is 0.265. The highest BCUT2D eigenvalue weighted by molar-refractivity contribution is 7.90. The molecule has 0 bridgehead atoms. The Morgan fingerprint density at radius 1 is 0.881 bits per heavy atom. The third-order valence-electron chi connectivity index (χ3n) is 7.10. The third kappa shape index (κ3) is 5.72. The molecule has 1 amide bonds. The minimum Gasteiger partial charge on any atom is -0.507 e. The van der Waals surface area contributed by atoms with Crippen LogP contribution in [-0.4, -0.2) is 42.3 Å². The van der Waals surface area contributed by atoms with Crippen molar-refractivity contribution in [2.45, 2.75) is 57.3 Å². The Hall–Kier alpha value is -4.31. The summed E-state index contributed by atoms with van der Waals surface area (Å²) in [6.07, 6.45) is 1.15. The molecule has 0 saturated carbocycles. The Bertz CT molecular complexity index is 1760. The maximum Gasteiger partial charge on any atom is 0.276 e. The molecule has 1 aliphatic heterocycles. The molecule has 0 spiro atoms. The van der Waals surface area contributed by atoms with Crippen molar-refractivity contribution in [1.82, 2.24) is 9.78 Å². The average Bonchev–Trinajstić information content (AvgIpc) is 3.55. The minimum atomic E-state index is -3.39. The number of carbonyl (C=O) groups is 1. The van der Waals surface area contributed by atoms with Gasteiger partial charge >= 0.3 is 0 Å². The highest BCUT2D eigenvalue weighted by Crippen LogP contribution is 2.41. The number of rotatable bonds is 5. The van der Waals surface area contributed by atoms with Gasteiger partial charge in [0.25, 0.3) is 5.91 Å². The van der Waals surface area contributed by atoms with Gasteiger partial charge in [0.15, 0.2) is 27.0 Å². The van der Waals surface area contributed by atoms with Crippen LogP contribution >= 0.6 is 0 Å². The summed E-state index contributed by atoms with van der Waals surface area (Å²) in [7, 11) is -3.39. The molecule has 0 fully saturated rings. The molecule has 1 aliphatic rings. The van der Waals surface area contributed by atoms with Crippen molar-refractivity contribution in [2.75, 3.05) is 18.4 Å². The van der Waals surface area contributed by atoms with Gasteiger partial charge in [-0.1, -0.05) is 41.5 Å². The number of aromatic hydroxyl groups is 1. The predicted molar refractivity (Wildman–Crippen MR) is 162 cm³/mol. The van der Waals surface area contributed by atoms with E-state index in [0.717, 1.165) is 22.9 Å². The van der Waals surface area contributed by atoms with Crippen molar-refractivity contribution in [3.8, 4) is 34.2 Å². The summed E-state index contributed by atoms with van der Waals surface area (Å²) >= 11 is 0. The van der Waals surface area contributed by atoms with Gasteiger partial charge in [0.05, 0.1) is 16.3 Å². The molecule has 42 heavy (non-hydrogen) atoms. The first kappa shape index (κ1) is 29.2. The number of fused-ring (bicyclic) bond motifs is 1. The molecule has 9 nitrogen and oxygen atoms in total. The summed E-state index contributed by atoms with van der Waals surface area (Å²) in [5, 5.41) is 18.7. The number of nitrogens with zero attached hydrogens (tertiary/aromatic N) is 2. The zero-order valence-corrected chi connectivity index (χ0v) is 25.6. The van der Waals surface area contributed by atoms with E-state index in [1.807, 2.05) is 53.7 Å². The molecule has 0 aliphatic carbocycles. The second-order valence-electron chi connectivity index (χ2n) is 12.5. The summed E-state index contributed by atoms with van der Waals surface area (Å²) < 4.78 is 36.6. The van der Waals surface area contributed by atoms with Crippen LogP contribution in [0, 0.1) is 0 Å². The van der Waals surface area contributed by atoms with Crippen LogP contribution in [0.15, 0.2) is 65.6 Å². The first-order chi connectivity index (χ1) is 19.5. The number of phenols is 1. The number of nitrogens with one attached hydrogen (secondary N) is 1. The molecule has 2 heterocycles. The molecule has 10 heteroatoms. The number of hydrogen-bond donors (Lipinski definition) is 2. The predicted octanol–water partition coefficient (Wildman–Crippen LogP) is 6.22. The van der Waals surface area contributed by atoms with Gasteiger partial charge in [-0.25, -0.2) is 13.1 Å². The first-order valence-electron chi connectivity index (χ1n) is 13.5. The molecule has 2 N–H and O–H groups in total. The SMILES string of the molecule is CC(C)(C)c1cc(NC(=O)c2cc(-c3ccc4c(c3)OCO4)n(-c3ccc(S(C)(=O)=O)cc3)n2)cc(C(C)(C)C)c1O. The van der Waals surface area contributed by atoms with Crippen LogP contribution in [0.25, 0.3) is 16.9 Å². The van der Waals surface area contributed by atoms with E-state index in [0.29, 0.717) is 28.6 Å². The van der Waals surface area contributed by atoms with Crippen molar-refractivity contribution >= 4 is 21.4 Å². The molecular formula is C32H35N3O6S. The largest absolute Gasteiger partial charge is 0.507 e. The molecule has 1 aromatic heterocycles. The molecule has 0 unspecified atom stereocenters. The van der Waals surface area contributed by atoms with Crippen molar-refractivity contribution in [3.05, 3.63) is 77.5 Å². The molecule has 0 saturated heterocycles. The second kappa shape index (κ2) is 10.2. The van der Waals surface area contributed by atoms with Gasteiger partial charge in [-0.2, -0.15) is 5.10 Å². The molecule has 5 rings (SSSR count). The zero-order valence-electron chi connectivity index (χ0n) is 24.8. The van der Waals surface area contributed by atoms with Gasteiger partial charge in [-0.15, -0.1) is 0 Å². The van der Waals surface area contributed by atoms with E-state index in [2.05, 4.69) is 10.4 Å². The van der Waals surface area contributed by atoms with Crippen LogP contribution in [-0.2, 0) is 20.7 Å². The Morgan fingerprint density at radius 3 is 2.05 bits per heavy atom. The van der Waals surface area contributed by atoms with Crippen LogP contribution in [0.3, 0.4) is 0 Å². The van der Waals surface area contributed by atoms with Crippen LogP contribution in [0.5, 0.6) is 17.2 Å². The van der Waals surface area contributed by atoms with Crippen LogP contribution in [0.4, 0.5) is 5.69 Å². The van der Waals surface area contributed by atoms with Crippen molar-refractivity contribution in [3.63, 3.8) is 0 Å². The number of hydrogen-bond acceptors (Lipinski definition) is 7. The monoisotopic (exact) mass is 589 g/mol. The number of anilines is 1. The number of benzene rings is 3. The average molecular weight is 590 g/mol. The number of sulfone groups is 1. The number of ether oxygens (including phenoxy) is 2. The maximum atomic E-state index is 13.6. The molecular weight excluding hydrogens is 554 g/mol. The van der Waals surface area contributed by atoms with E-state index >= 15 is 0 Å². The van der Waals surface area contributed by atoms with E-state index in [-0.39, 0.29) is 34.0 Å². The van der Waals surface area contributed by atoms with Gasteiger partial charge < -0.3 is 19.9 Å². The van der Waals surface area contributed by atoms with E-state index in [9.17, 15) is 18.3 Å². The van der Waals surface area contributed by atoms with Gasteiger partial charge in [0.1, 0.15) is 5.75 Å². The van der Waals surface area contributed by atoms with E-state index in [1.165, 1.54) is 12.1 Å². The van der Waals surface area contributed by atoms with E-state index in [1.54, 1.807) is 41.1 Å². The fourth-order valence-corrected chi connectivity index (χ4v) is 5.46. The Morgan fingerprint density at radius 2 is 1.48 bits per heavy atom. The molecule has 3 aromatic carbocycles. The highest BCUT2D eigenvalue weighted by Gasteiger charge is 2.28. The smallest absolute Gasteiger partial charge is 0.276 e. The summed E-state index contributed by atoms with van der Waals surface area (Å²) in [6, 6.07) is 17.0. The summed E-state index contributed by atoms with van der Waals surface area (Å²) in [6.45, 7) is 12.2. The van der Waals surface area contributed by atoms with E-state index < -0.39 is 15.7 Å². The standard InChI is InChI=1S/C32H35N3O6S/c1-31(2,3)23-15-20(16-24(29(23)36)32(4,5)6)33-30(37)25-17-26(19-8-13-27-28(14-19)41-18-40-27)35(34-25)21-9-11-22(12-10-21)42(7,38)39/h8-17,36H,18H2,1-7H3,(H,33,37). The van der Waals surface area contributed by atoms with Crippen LogP contribution in [0.1, 0.15) is 63.2 Å². The van der Waals surface area contributed by atoms with Gasteiger partial charge in [0.2, 0.25) is 6.79 Å². The normalized spacial score (nSPS) is 13.3. The lowest BCUT2D eigenvalue weighted by Crippen LogP contribution is -2.19. The van der Waals surface area contributed by atoms with Crippen molar-refractivity contribution < 1.29 is 27.8 Å². The first-order valence-corrected chi connectivity index (χ1v) is 15.4. The Kier molecular flexibility index (Phi) is 7.09. The molecule has 0 atom stereocenters. The lowest BCUT2D eigenvalue weighted by Gasteiger charge is -2.28. The van der Waals surface area contributed by atoms with Crippen LogP contribution in [0.2, 0.25) is 0 Å². The molecule has 4 aromatic rings. The fourth-order valence-electron chi connectivity index (χ4n) is 4.83. The minimum absolute atomic E-state index is 0.123. The van der Waals surface area contributed by atoms with Gasteiger partial charge in [-0.05, 0) is 71.5 Å². The highest BCUT2D eigenvalue weighted by atomic mass is 32.2. The molecule has 0 radical (unpaired) electrons. The van der Waals surface area contributed by atoms with Gasteiger partial charge in [-0.3, -0.25) is 4.79 Å². The number of aromatic nitrogens is 2. The number of phenolic OH excluding ortho intramolecular Hbond substituents is 1.